The molecule has 0 bridgehead atoms. The Kier molecular flexibility index (Phi) is 5.22. The number of nitrogens with one attached hydrogen (secondary N) is 1. The molecule has 2 rings (SSSR count). The summed E-state index contributed by atoms with van der Waals surface area (Å²) >= 11 is 3.39. The van der Waals surface area contributed by atoms with Gasteiger partial charge in [0, 0.05) is 12.5 Å². The van der Waals surface area contributed by atoms with Crippen LogP contribution in [-0.4, -0.2) is 24.2 Å². The Hall–Kier alpha value is -0.610. The van der Waals surface area contributed by atoms with Crippen LogP contribution in [0.2, 0.25) is 0 Å². The molecular formula is C15H23BrN2O. The lowest BCUT2D eigenvalue weighted by molar-refractivity contribution is 0.118. The van der Waals surface area contributed by atoms with Gasteiger partial charge in [-0.1, -0.05) is 13.8 Å². The second-order valence-corrected chi connectivity index (χ2v) is 6.57. The summed E-state index contributed by atoms with van der Waals surface area (Å²) in [5, 5.41) is 3.43. The second kappa shape index (κ2) is 6.71. The van der Waals surface area contributed by atoms with E-state index in [0.717, 1.165) is 35.6 Å². The van der Waals surface area contributed by atoms with Crippen LogP contribution >= 0.6 is 15.9 Å². The quantitative estimate of drug-likeness (QED) is 0.840. The zero-order valence-corrected chi connectivity index (χ0v) is 13.5. The summed E-state index contributed by atoms with van der Waals surface area (Å²) in [4.78, 5) is 4.41. The van der Waals surface area contributed by atoms with Gasteiger partial charge in [0.2, 0.25) is 0 Å². The number of hydrogen-bond donors (Lipinski definition) is 1. The first-order valence-electron chi connectivity index (χ1n) is 7.06. The molecule has 1 saturated heterocycles. The molecule has 1 aliphatic heterocycles. The van der Waals surface area contributed by atoms with Crippen molar-refractivity contribution in [1.29, 1.82) is 0 Å². The fraction of sp³-hybridized carbons (Fsp3) is 0.667. The standard InChI is InChI=1S/C15H23BrN2O/c1-10(2)8-14(12-6-7-17-9-12)19-13-4-5-15(16)18-11(13)3/h4-5,10,12,14,17H,6-9H2,1-3H3. The number of hydrogen-bond acceptors (Lipinski definition) is 3. The van der Waals surface area contributed by atoms with Crippen molar-refractivity contribution < 1.29 is 4.74 Å². The van der Waals surface area contributed by atoms with E-state index in [9.17, 15) is 0 Å². The summed E-state index contributed by atoms with van der Waals surface area (Å²) in [5.74, 6) is 2.18. The van der Waals surface area contributed by atoms with E-state index in [0.29, 0.717) is 11.8 Å². The van der Waals surface area contributed by atoms with Gasteiger partial charge in [0.15, 0.2) is 0 Å². The Morgan fingerprint density at radius 2 is 2.26 bits per heavy atom. The Morgan fingerprint density at radius 1 is 1.47 bits per heavy atom. The normalized spacial score (nSPS) is 20.8. The largest absolute Gasteiger partial charge is 0.488 e. The summed E-state index contributed by atoms with van der Waals surface area (Å²) in [5.41, 5.74) is 0.953. The van der Waals surface area contributed by atoms with Gasteiger partial charge in [-0.25, -0.2) is 4.98 Å². The summed E-state index contributed by atoms with van der Waals surface area (Å²) < 4.78 is 7.13. The highest BCUT2D eigenvalue weighted by molar-refractivity contribution is 9.10. The van der Waals surface area contributed by atoms with Crippen molar-refractivity contribution in [3.05, 3.63) is 22.4 Å². The molecule has 2 atom stereocenters. The van der Waals surface area contributed by atoms with E-state index in [2.05, 4.69) is 40.1 Å². The molecule has 0 spiro atoms. The third-order valence-corrected chi connectivity index (χ3v) is 4.05. The monoisotopic (exact) mass is 326 g/mol. The number of aromatic nitrogens is 1. The molecule has 0 aromatic carbocycles. The second-order valence-electron chi connectivity index (χ2n) is 5.76. The van der Waals surface area contributed by atoms with Crippen LogP contribution in [0.3, 0.4) is 0 Å². The SMILES string of the molecule is Cc1nc(Br)ccc1OC(CC(C)C)C1CCNC1. The van der Waals surface area contributed by atoms with Crippen LogP contribution in [0.15, 0.2) is 16.7 Å². The van der Waals surface area contributed by atoms with E-state index >= 15 is 0 Å². The maximum atomic E-state index is 6.27. The van der Waals surface area contributed by atoms with Gasteiger partial charge >= 0.3 is 0 Å². The van der Waals surface area contributed by atoms with Crippen LogP contribution in [0, 0.1) is 18.8 Å². The van der Waals surface area contributed by atoms with Gasteiger partial charge in [-0.05, 0) is 60.3 Å². The Labute approximate surface area is 124 Å². The molecule has 106 valence electrons. The topological polar surface area (TPSA) is 34.1 Å². The number of rotatable bonds is 5. The van der Waals surface area contributed by atoms with E-state index in [-0.39, 0.29) is 6.10 Å². The third kappa shape index (κ3) is 4.18. The lowest BCUT2D eigenvalue weighted by atomic mass is 9.93. The van der Waals surface area contributed by atoms with Gasteiger partial charge in [0.1, 0.15) is 16.5 Å². The predicted octanol–water partition coefficient (Wildman–Crippen LogP) is 3.56. The van der Waals surface area contributed by atoms with Gasteiger partial charge in [-0.15, -0.1) is 0 Å². The lowest BCUT2D eigenvalue weighted by Crippen LogP contribution is -2.30. The van der Waals surface area contributed by atoms with Crippen molar-refractivity contribution in [1.82, 2.24) is 10.3 Å². The fourth-order valence-corrected chi connectivity index (χ4v) is 3.00. The van der Waals surface area contributed by atoms with Crippen molar-refractivity contribution >= 4 is 15.9 Å². The number of pyridine rings is 1. The molecule has 3 nitrogen and oxygen atoms in total. The van der Waals surface area contributed by atoms with Crippen LogP contribution < -0.4 is 10.1 Å². The highest BCUT2D eigenvalue weighted by Gasteiger charge is 2.27. The molecule has 0 amide bonds. The Bertz CT molecular complexity index is 417. The van der Waals surface area contributed by atoms with Gasteiger partial charge in [0.25, 0.3) is 0 Å². The zero-order valence-electron chi connectivity index (χ0n) is 11.9. The molecule has 1 aromatic heterocycles. The Balaban J connectivity index is 2.09. The molecule has 0 aliphatic carbocycles. The van der Waals surface area contributed by atoms with Crippen molar-refractivity contribution in [2.75, 3.05) is 13.1 Å². The predicted molar refractivity (Wildman–Crippen MR) is 81.5 cm³/mol. The maximum absolute atomic E-state index is 6.27. The van der Waals surface area contributed by atoms with Crippen molar-refractivity contribution in [3.8, 4) is 5.75 Å². The first-order valence-corrected chi connectivity index (χ1v) is 7.86. The molecule has 1 aromatic rings. The lowest BCUT2D eigenvalue weighted by Gasteiger charge is -2.26. The summed E-state index contributed by atoms with van der Waals surface area (Å²) in [6, 6.07) is 3.96. The summed E-state index contributed by atoms with van der Waals surface area (Å²) in [7, 11) is 0. The average molecular weight is 327 g/mol. The zero-order chi connectivity index (χ0) is 13.8. The number of ether oxygens (including phenoxy) is 1. The van der Waals surface area contributed by atoms with E-state index in [1.165, 1.54) is 6.42 Å². The molecule has 1 N–H and O–H groups in total. The van der Waals surface area contributed by atoms with Crippen molar-refractivity contribution in [3.63, 3.8) is 0 Å². The number of aryl methyl sites for hydroxylation is 1. The van der Waals surface area contributed by atoms with Gasteiger partial charge in [0.05, 0.1) is 5.69 Å². The smallest absolute Gasteiger partial charge is 0.141 e. The molecular weight excluding hydrogens is 304 g/mol. The van der Waals surface area contributed by atoms with E-state index in [1.54, 1.807) is 0 Å². The average Bonchev–Trinajstić information content (AvgIpc) is 2.84. The minimum absolute atomic E-state index is 0.289. The molecule has 19 heavy (non-hydrogen) atoms. The molecule has 2 unspecified atom stereocenters. The molecule has 2 heterocycles. The maximum Gasteiger partial charge on any atom is 0.141 e. The molecule has 1 aliphatic rings. The van der Waals surface area contributed by atoms with Crippen LogP contribution in [0.4, 0.5) is 0 Å². The third-order valence-electron chi connectivity index (χ3n) is 3.61. The minimum Gasteiger partial charge on any atom is -0.488 e. The highest BCUT2D eigenvalue weighted by atomic mass is 79.9. The van der Waals surface area contributed by atoms with Crippen LogP contribution in [0.5, 0.6) is 5.75 Å². The van der Waals surface area contributed by atoms with Gasteiger partial charge < -0.3 is 10.1 Å². The number of halogens is 1. The fourth-order valence-electron chi connectivity index (χ4n) is 2.60. The van der Waals surface area contributed by atoms with Gasteiger partial charge in [-0.3, -0.25) is 0 Å². The van der Waals surface area contributed by atoms with E-state index < -0.39 is 0 Å². The summed E-state index contributed by atoms with van der Waals surface area (Å²) in [6.07, 6.45) is 2.60. The van der Waals surface area contributed by atoms with Crippen molar-refractivity contribution in [2.45, 2.75) is 39.7 Å². The molecule has 0 saturated carbocycles. The molecule has 4 heteroatoms. The summed E-state index contributed by atoms with van der Waals surface area (Å²) in [6.45, 7) is 8.69. The van der Waals surface area contributed by atoms with Crippen LogP contribution in [0.1, 0.15) is 32.4 Å². The Morgan fingerprint density at radius 3 is 2.84 bits per heavy atom. The molecule has 1 fully saturated rings. The van der Waals surface area contributed by atoms with Gasteiger partial charge in [-0.2, -0.15) is 0 Å². The van der Waals surface area contributed by atoms with E-state index in [1.807, 2.05) is 19.1 Å². The van der Waals surface area contributed by atoms with Crippen LogP contribution in [-0.2, 0) is 0 Å². The van der Waals surface area contributed by atoms with Crippen LogP contribution in [0.25, 0.3) is 0 Å². The minimum atomic E-state index is 0.289. The molecule has 0 radical (unpaired) electrons. The first-order chi connectivity index (χ1) is 9.06. The van der Waals surface area contributed by atoms with E-state index in [4.69, 9.17) is 4.74 Å². The number of nitrogens with zero attached hydrogens (tertiary/aromatic N) is 1. The van der Waals surface area contributed by atoms with Crippen molar-refractivity contribution in [2.24, 2.45) is 11.8 Å². The highest BCUT2D eigenvalue weighted by Crippen LogP contribution is 2.27. The first kappa shape index (κ1) is 14.8.